The van der Waals surface area contributed by atoms with Crippen molar-refractivity contribution >= 4 is 53.2 Å². The third-order valence-electron chi connectivity index (χ3n) is 11.5. The van der Waals surface area contributed by atoms with E-state index in [1.807, 2.05) is 20.8 Å². The molecule has 12 N–H and O–H groups in total. The molecule has 0 aliphatic carbocycles. The summed E-state index contributed by atoms with van der Waals surface area (Å²) in [6.07, 6.45) is 2.12. The Morgan fingerprint density at radius 3 is 1.60 bits per heavy atom. The van der Waals surface area contributed by atoms with Gasteiger partial charge in [0, 0.05) is 26.6 Å². The van der Waals surface area contributed by atoms with Crippen LogP contribution in [-0.2, 0) is 38.4 Å². The zero-order chi connectivity index (χ0) is 47.3. The monoisotopic (exact) mass is 880 g/mol. The largest absolute Gasteiger partial charge is 0.391 e. The van der Waals surface area contributed by atoms with Crippen molar-refractivity contribution < 1.29 is 43.5 Å². The van der Waals surface area contributed by atoms with Crippen molar-refractivity contribution in [2.45, 2.75) is 175 Å². The lowest BCUT2D eigenvalue weighted by Gasteiger charge is -2.32. The van der Waals surface area contributed by atoms with Gasteiger partial charge in [-0.15, -0.1) is 0 Å². The Kier molecular flexibility index (Phi) is 24.7. The van der Waals surface area contributed by atoms with E-state index in [-0.39, 0.29) is 37.2 Å². The van der Waals surface area contributed by atoms with E-state index in [0.29, 0.717) is 58.0 Å². The Hall–Kier alpha value is -5.01. The molecule has 0 bridgehead atoms. The van der Waals surface area contributed by atoms with Gasteiger partial charge in [0.25, 0.3) is 0 Å². The summed E-state index contributed by atoms with van der Waals surface area (Å²) in [4.78, 5) is 113. The lowest BCUT2D eigenvalue weighted by Crippen LogP contribution is -2.63. The number of likely N-dealkylation sites (tertiary alicyclic amines) is 1. The van der Waals surface area contributed by atoms with Crippen molar-refractivity contribution in [1.29, 1.82) is 0 Å². The minimum Gasteiger partial charge on any atom is -0.391 e. The van der Waals surface area contributed by atoms with Gasteiger partial charge in [0.15, 0.2) is 5.96 Å². The molecule has 1 fully saturated rings. The van der Waals surface area contributed by atoms with Crippen LogP contribution in [0.5, 0.6) is 0 Å². The van der Waals surface area contributed by atoms with Crippen LogP contribution in [0.15, 0.2) is 4.99 Å². The molecule has 1 aliphatic rings. The van der Waals surface area contributed by atoms with Crippen LogP contribution in [0.4, 0.5) is 0 Å². The fourth-order valence-corrected chi connectivity index (χ4v) is 7.11. The Labute approximate surface area is 367 Å². The Morgan fingerprint density at radius 2 is 1.13 bits per heavy atom. The van der Waals surface area contributed by atoms with Crippen molar-refractivity contribution in [3.63, 3.8) is 0 Å². The van der Waals surface area contributed by atoms with Crippen molar-refractivity contribution in [1.82, 2.24) is 42.1 Å². The van der Waals surface area contributed by atoms with Crippen LogP contribution < -0.4 is 48.7 Å². The molecule has 11 atom stereocenters. The summed E-state index contributed by atoms with van der Waals surface area (Å²) in [5, 5.41) is 29.6. The molecule has 20 heteroatoms. The number of amides is 8. The van der Waals surface area contributed by atoms with Crippen LogP contribution in [0, 0.1) is 17.8 Å². The van der Waals surface area contributed by atoms with Gasteiger partial charge >= 0.3 is 0 Å². The lowest BCUT2D eigenvalue weighted by molar-refractivity contribution is -0.142. The van der Waals surface area contributed by atoms with Crippen molar-refractivity contribution in [2.24, 2.45) is 34.2 Å². The number of guanidine groups is 1. The molecule has 0 aromatic heterocycles. The number of likely N-dealkylation sites (N-methyl/N-ethyl adjacent to an activating group) is 1. The van der Waals surface area contributed by atoms with Gasteiger partial charge in [-0.3, -0.25) is 43.3 Å². The molecule has 8 amide bonds. The number of aliphatic hydroxyl groups is 1. The molecule has 0 aromatic carbocycles. The number of hydrogen-bond donors (Lipinski definition) is 10. The van der Waals surface area contributed by atoms with Crippen LogP contribution >= 0.6 is 0 Å². The van der Waals surface area contributed by atoms with Crippen molar-refractivity contribution in [3.05, 3.63) is 0 Å². The maximum Gasteiger partial charge on any atom is 0.245 e. The number of carbonyl (C=O) groups excluding carboxylic acids is 8. The number of nitrogens with two attached hydrogens (primary N) is 2. The molecule has 0 radical (unpaired) electrons. The second-order valence-corrected chi connectivity index (χ2v) is 16.5. The molecule has 0 spiro atoms. The van der Waals surface area contributed by atoms with E-state index >= 15 is 0 Å². The Bertz CT molecular complexity index is 1540. The van der Waals surface area contributed by atoms with Crippen LogP contribution in [-0.4, -0.2) is 131 Å². The fraction of sp³-hybridized carbons (Fsp3) is 0.786. The highest BCUT2D eigenvalue weighted by Gasteiger charge is 2.40. The van der Waals surface area contributed by atoms with E-state index in [2.05, 4.69) is 42.2 Å². The number of rotatable bonds is 27. The van der Waals surface area contributed by atoms with Crippen LogP contribution in [0.2, 0.25) is 0 Å². The average Bonchev–Trinajstić information content (AvgIpc) is 3.72. The topological polar surface area (TPSA) is 309 Å². The molecule has 354 valence electrons. The summed E-state index contributed by atoms with van der Waals surface area (Å²) in [5.74, 6) is -5.95. The van der Waals surface area contributed by atoms with E-state index in [0.717, 1.165) is 0 Å². The Morgan fingerprint density at radius 1 is 0.661 bits per heavy atom. The van der Waals surface area contributed by atoms with E-state index in [1.165, 1.54) is 18.7 Å². The first-order valence-electron chi connectivity index (χ1n) is 22.3. The zero-order valence-electron chi connectivity index (χ0n) is 38.6. The van der Waals surface area contributed by atoms with Gasteiger partial charge < -0.3 is 58.7 Å². The van der Waals surface area contributed by atoms with Crippen molar-refractivity contribution in [3.8, 4) is 0 Å². The highest BCUT2D eigenvalue weighted by atomic mass is 16.3. The molecule has 1 saturated heterocycles. The molecular weight excluding hydrogens is 803 g/mol. The van der Waals surface area contributed by atoms with Gasteiger partial charge in [-0.1, -0.05) is 74.1 Å². The van der Waals surface area contributed by atoms with Gasteiger partial charge in [0.05, 0.1) is 6.10 Å². The Balaban J connectivity index is 3.35. The summed E-state index contributed by atoms with van der Waals surface area (Å²) in [7, 11) is 0. The normalized spacial score (nSPS) is 18.4. The molecule has 0 aromatic rings. The molecule has 1 rings (SSSR count). The predicted octanol–water partition coefficient (Wildman–Crippen LogP) is -0.585. The minimum absolute atomic E-state index is 0.126. The number of carbonyl (C=O) groups is 8. The predicted molar refractivity (Wildman–Crippen MR) is 236 cm³/mol. The number of nitrogens with zero attached hydrogens (tertiary/aromatic N) is 2. The molecule has 62 heavy (non-hydrogen) atoms. The van der Waals surface area contributed by atoms with E-state index in [9.17, 15) is 43.5 Å². The summed E-state index contributed by atoms with van der Waals surface area (Å²) in [6.45, 7) is 17.9. The first kappa shape index (κ1) is 55.0. The first-order valence-corrected chi connectivity index (χ1v) is 22.3. The second-order valence-electron chi connectivity index (χ2n) is 16.5. The van der Waals surface area contributed by atoms with E-state index in [1.54, 1.807) is 34.6 Å². The van der Waals surface area contributed by atoms with Gasteiger partial charge in [-0.05, 0) is 63.7 Å². The van der Waals surface area contributed by atoms with Crippen LogP contribution in [0.1, 0.15) is 127 Å². The quantitative estimate of drug-likeness (QED) is 0.0283. The highest BCUT2D eigenvalue weighted by Crippen LogP contribution is 2.21. The molecule has 0 unspecified atom stereocenters. The zero-order valence-corrected chi connectivity index (χ0v) is 38.6. The standard InChI is InChI=1S/C42H77N11O9/c1-11-18-28(48-40(61)34(26(9)54)52-39(60)33(25(8)14-4)51-38(59)31(23(6)12-2)47-27(10)55)35(56)50-32(24(7)13-3)37(58)49-29(19-16-21-46-42(43)44)41(62)53-22-17-20-30(53)36(57)45-15-5/h23-26,28-34,54H,11-22H2,1-10H3,(H,45,57)(H,47,55)(H,48,61)(H,49,58)(H,50,56)(H,51,59)(H,52,60)(H4,43,44,46)/t23-,24-,25-,26+,28-,29-,30-,31-,32-,33+,34-/m0/s1. The maximum atomic E-state index is 14.1. The summed E-state index contributed by atoms with van der Waals surface area (Å²) < 4.78 is 0. The number of aliphatic imine (C=N–C) groups is 1. The second kappa shape index (κ2) is 27.8. The minimum atomic E-state index is -1.55. The summed E-state index contributed by atoms with van der Waals surface area (Å²) in [6, 6.07) is -7.74. The third kappa shape index (κ3) is 17.4. The van der Waals surface area contributed by atoms with E-state index in [4.69, 9.17) is 11.5 Å². The lowest BCUT2D eigenvalue weighted by atomic mass is 9.94. The summed E-state index contributed by atoms with van der Waals surface area (Å²) >= 11 is 0. The molecule has 1 heterocycles. The molecular formula is C42H77N11O9. The molecule has 0 saturated carbocycles. The van der Waals surface area contributed by atoms with Crippen molar-refractivity contribution in [2.75, 3.05) is 19.6 Å². The molecule has 1 aliphatic heterocycles. The maximum absolute atomic E-state index is 14.1. The number of aliphatic hydroxyl groups excluding tert-OH is 1. The van der Waals surface area contributed by atoms with Gasteiger partial charge in [0.2, 0.25) is 47.3 Å². The van der Waals surface area contributed by atoms with E-state index < -0.39 is 102 Å². The first-order chi connectivity index (χ1) is 29.2. The van der Waals surface area contributed by atoms with Gasteiger partial charge in [-0.25, -0.2) is 0 Å². The summed E-state index contributed by atoms with van der Waals surface area (Å²) in [5.41, 5.74) is 11.0. The molecule has 20 nitrogen and oxygen atoms in total. The SMILES string of the molecule is CCC[C@H](NC(=O)[C@@H](NC(=O)[C@H](NC(=O)[C@@H](NC(C)=O)[C@@H](C)CC)[C@@H](C)CC)[C@@H](C)O)C(=O)N[C@H](C(=O)N[C@@H](CCCN=C(N)N)C(=O)N1CCC[C@H]1C(=O)NCC)[C@@H](C)CC. The van der Waals surface area contributed by atoms with Crippen LogP contribution in [0.3, 0.4) is 0 Å². The number of hydrogen-bond acceptors (Lipinski definition) is 10. The average molecular weight is 880 g/mol. The van der Waals surface area contributed by atoms with Crippen LogP contribution in [0.25, 0.3) is 0 Å². The fourth-order valence-electron chi connectivity index (χ4n) is 7.11. The number of nitrogens with one attached hydrogen (secondary N) is 7. The highest BCUT2D eigenvalue weighted by molar-refractivity contribution is 5.98. The smallest absolute Gasteiger partial charge is 0.245 e. The van der Waals surface area contributed by atoms with Gasteiger partial charge in [0.1, 0.15) is 42.3 Å². The third-order valence-corrected chi connectivity index (χ3v) is 11.5. The van der Waals surface area contributed by atoms with Gasteiger partial charge in [-0.2, -0.15) is 0 Å².